The summed E-state index contributed by atoms with van der Waals surface area (Å²) >= 11 is 0. The molecule has 132 valence electrons. The largest absolute Gasteiger partial charge is 0.373 e. The van der Waals surface area contributed by atoms with Crippen LogP contribution < -0.4 is 10.6 Å². The maximum Gasteiger partial charge on any atom is 0.225 e. The molecule has 5 heteroatoms. The number of nitrogens with one attached hydrogen (secondary N) is 2. The monoisotopic (exact) mass is 337 g/mol. The number of likely N-dealkylation sites (tertiary alicyclic amines) is 1. The Kier molecular flexibility index (Phi) is 4.57. The van der Waals surface area contributed by atoms with Gasteiger partial charge in [-0.05, 0) is 50.3 Å². The Balaban J connectivity index is 1.41. The Morgan fingerprint density at radius 2 is 1.88 bits per heavy atom. The highest BCUT2D eigenvalue weighted by atomic mass is 15.2. The van der Waals surface area contributed by atoms with Crippen LogP contribution in [0.4, 0.5) is 11.8 Å². The third kappa shape index (κ3) is 3.61. The quantitative estimate of drug-likeness (QED) is 0.898. The van der Waals surface area contributed by atoms with Gasteiger partial charge in [0.25, 0.3) is 0 Å². The van der Waals surface area contributed by atoms with Crippen LogP contribution in [0.3, 0.4) is 0 Å². The molecule has 1 fully saturated rings. The first-order valence-corrected chi connectivity index (χ1v) is 9.32. The number of hydrogen-bond donors (Lipinski definition) is 2. The standard InChI is InChI=1S/C20H27N5/c1-14-10-19(21-2)24-20(22-14)23-17-8-5-9-25(13-17)18-11-15-6-3-4-7-16(15)12-18/h3-4,6-7,10,17-18H,5,8-9,11-13H2,1-2H3,(H2,21,22,23,24)/t17-/m1/s1. The summed E-state index contributed by atoms with van der Waals surface area (Å²) in [6.45, 7) is 4.29. The van der Waals surface area contributed by atoms with Crippen LogP contribution in [0.25, 0.3) is 0 Å². The van der Waals surface area contributed by atoms with E-state index < -0.39 is 0 Å². The molecule has 2 heterocycles. The molecule has 0 bridgehead atoms. The SMILES string of the molecule is CNc1cc(C)nc(N[C@@H]2CCCN(C3Cc4ccccc4C3)C2)n1. The zero-order chi connectivity index (χ0) is 17.2. The second-order valence-corrected chi connectivity index (χ2v) is 7.28. The van der Waals surface area contributed by atoms with Gasteiger partial charge in [0.1, 0.15) is 5.82 Å². The summed E-state index contributed by atoms with van der Waals surface area (Å²) < 4.78 is 0. The third-order valence-corrected chi connectivity index (χ3v) is 5.44. The molecular formula is C20H27N5. The highest BCUT2D eigenvalue weighted by molar-refractivity contribution is 5.42. The molecule has 1 aliphatic heterocycles. The molecule has 0 spiro atoms. The molecule has 5 nitrogen and oxygen atoms in total. The zero-order valence-electron chi connectivity index (χ0n) is 15.1. The van der Waals surface area contributed by atoms with Gasteiger partial charge in [0.2, 0.25) is 5.95 Å². The smallest absolute Gasteiger partial charge is 0.225 e. The summed E-state index contributed by atoms with van der Waals surface area (Å²) in [5.74, 6) is 1.61. The Bertz CT molecular complexity index is 720. The topological polar surface area (TPSA) is 53.1 Å². The average Bonchev–Trinajstić information content (AvgIpc) is 3.05. The van der Waals surface area contributed by atoms with E-state index >= 15 is 0 Å². The lowest BCUT2D eigenvalue weighted by Crippen LogP contribution is -2.47. The van der Waals surface area contributed by atoms with Crippen LogP contribution in [-0.4, -0.2) is 47.1 Å². The second kappa shape index (κ2) is 7.00. The van der Waals surface area contributed by atoms with E-state index in [2.05, 4.69) is 49.8 Å². The van der Waals surface area contributed by atoms with E-state index in [1.165, 1.54) is 43.4 Å². The van der Waals surface area contributed by atoms with Gasteiger partial charge in [-0.3, -0.25) is 4.90 Å². The molecule has 1 atom stereocenters. The van der Waals surface area contributed by atoms with Crippen molar-refractivity contribution in [3.63, 3.8) is 0 Å². The van der Waals surface area contributed by atoms with Crippen LogP contribution >= 0.6 is 0 Å². The Morgan fingerprint density at radius 1 is 1.12 bits per heavy atom. The van der Waals surface area contributed by atoms with E-state index in [0.29, 0.717) is 12.1 Å². The van der Waals surface area contributed by atoms with Gasteiger partial charge >= 0.3 is 0 Å². The molecule has 1 aromatic carbocycles. The summed E-state index contributed by atoms with van der Waals surface area (Å²) in [7, 11) is 1.89. The van der Waals surface area contributed by atoms with Crippen molar-refractivity contribution in [2.24, 2.45) is 0 Å². The molecule has 2 aromatic rings. The maximum absolute atomic E-state index is 4.55. The van der Waals surface area contributed by atoms with E-state index in [4.69, 9.17) is 0 Å². The van der Waals surface area contributed by atoms with E-state index in [0.717, 1.165) is 24.0 Å². The average molecular weight is 337 g/mol. The lowest BCUT2D eigenvalue weighted by molar-refractivity contribution is 0.158. The molecule has 0 radical (unpaired) electrons. The Hall–Kier alpha value is -2.14. The van der Waals surface area contributed by atoms with Crippen molar-refractivity contribution in [3.8, 4) is 0 Å². The summed E-state index contributed by atoms with van der Waals surface area (Å²) in [6, 6.07) is 11.9. The van der Waals surface area contributed by atoms with Crippen LogP contribution in [0, 0.1) is 6.92 Å². The van der Waals surface area contributed by atoms with Gasteiger partial charge in [-0.25, -0.2) is 4.98 Å². The molecule has 2 aliphatic rings. The van der Waals surface area contributed by atoms with Crippen LogP contribution in [-0.2, 0) is 12.8 Å². The molecule has 1 aliphatic carbocycles. The Labute approximate surface area is 149 Å². The number of aromatic nitrogens is 2. The molecule has 4 rings (SSSR count). The minimum absolute atomic E-state index is 0.420. The summed E-state index contributed by atoms with van der Waals surface area (Å²) in [5.41, 5.74) is 4.05. The summed E-state index contributed by atoms with van der Waals surface area (Å²) in [5, 5.41) is 6.67. The number of anilines is 2. The van der Waals surface area contributed by atoms with E-state index in [9.17, 15) is 0 Å². The Morgan fingerprint density at radius 3 is 2.60 bits per heavy atom. The molecule has 0 unspecified atom stereocenters. The molecular weight excluding hydrogens is 310 g/mol. The highest BCUT2D eigenvalue weighted by Crippen LogP contribution is 2.28. The molecule has 0 saturated carbocycles. The number of hydrogen-bond acceptors (Lipinski definition) is 5. The number of fused-ring (bicyclic) bond motifs is 1. The highest BCUT2D eigenvalue weighted by Gasteiger charge is 2.30. The molecule has 25 heavy (non-hydrogen) atoms. The first-order chi connectivity index (χ1) is 12.2. The predicted octanol–water partition coefficient (Wildman–Crippen LogP) is 2.87. The van der Waals surface area contributed by atoms with Gasteiger partial charge in [0.15, 0.2) is 0 Å². The van der Waals surface area contributed by atoms with Crippen molar-refractivity contribution >= 4 is 11.8 Å². The van der Waals surface area contributed by atoms with Crippen molar-refractivity contribution in [1.82, 2.24) is 14.9 Å². The number of rotatable bonds is 4. The summed E-state index contributed by atoms with van der Waals surface area (Å²) in [4.78, 5) is 11.8. The van der Waals surface area contributed by atoms with Crippen LogP contribution in [0.2, 0.25) is 0 Å². The minimum Gasteiger partial charge on any atom is -0.373 e. The van der Waals surface area contributed by atoms with Crippen LogP contribution in [0.15, 0.2) is 30.3 Å². The van der Waals surface area contributed by atoms with Gasteiger partial charge in [-0.2, -0.15) is 4.98 Å². The number of nitrogens with zero attached hydrogens (tertiary/aromatic N) is 3. The second-order valence-electron chi connectivity index (χ2n) is 7.28. The number of benzene rings is 1. The number of piperidine rings is 1. The molecule has 1 saturated heterocycles. The van der Waals surface area contributed by atoms with Crippen molar-refractivity contribution in [2.75, 3.05) is 30.8 Å². The fourth-order valence-electron chi connectivity index (χ4n) is 4.19. The molecule has 2 N–H and O–H groups in total. The van der Waals surface area contributed by atoms with Crippen molar-refractivity contribution in [1.29, 1.82) is 0 Å². The van der Waals surface area contributed by atoms with E-state index in [-0.39, 0.29) is 0 Å². The van der Waals surface area contributed by atoms with Gasteiger partial charge in [0.05, 0.1) is 0 Å². The molecule has 1 aromatic heterocycles. The summed E-state index contributed by atoms with van der Waals surface area (Å²) in [6.07, 6.45) is 4.79. The van der Waals surface area contributed by atoms with E-state index in [1.54, 1.807) is 0 Å². The first-order valence-electron chi connectivity index (χ1n) is 9.32. The van der Waals surface area contributed by atoms with Gasteiger partial charge in [-0.1, -0.05) is 24.3 Å². The van der Waals surface area contributed by atoms with Gasteiger partial charge in [-0.15, -0.1) is 0 Å². The van der Waals surface area contributed by atoms with Crippen molar-refractivity contribution in [2.45, 2.75) is 44.7 Å². The van der Waals surface area contributed by atoms with Gasteiger partial charge < -0.3 is 10.6 Å². The van der Waals surface area contributed by atoms with Crippen molar-refractivity contribution in [3.05, 3.63) is 47.2 Å². The lowest BCUT2D eigenvalue weighted by atomic mass is 10.0. The van der Waals surface area contributed by atoms with Crippen LogP contribution in [0.5, 0.6) is 0 Å². The molecule has 0 amide bonds. The predicted molar refractivity (Wildman–Crippen MR) is 102 cm³/mol. The zero-order valence-corrected chi connectivity index (χ0v) is 15.1. The normalized spacial score (nSPS) is 21.1. The van der Waals surface area contributed by atoms with Gasteiger partial charge in [0, 0.05) is 37.4 Å². The third-order valence-electron chi connectivity index (χ3n) is 5.44. The van der Waals surface area contributed by atoms with Crippen LogP contribution in [0.1, 0.15) is 29.7 Å². The first kappa shape index (κ1) is 16.3. The van der Waals surface area contributed by atoms with E-state index in [1.807, 2.05) is 20.0 Å². The minimum atomic E-state index is 0.420. The maximum atomic E-state index is 4.55. The fourth-order valence-corrected chi connectivity index (χ4v) is 4.19. The van der Waals surface area contributed by atoms with Crippen molar-refractivity contribution < 1.29 is 0 Å². The fraction of sp³-hybridized carbons (Fsp3) is 0.500. The lowest BCUT2D eigenvalue weighted by Gasteiger charge is -2.37. The number of aryl methyl sites for hydroxylation is 1.